The third-order valence-electron chi connectivity index (χ3n) is 0.535. The van der Waals surface area contributed by atoms with Crippen molar-refractivity contribution in [3.8, 4) is 0 Å². The molecule has 0 aliphatic rings. The van der Waals surface area contributed by atoms with Crippen LogP contribution < -0.4 is 0 Å². The Hall–Kier alpha value is 0.510. The fraction of sp³-hybridized carbons (Fsp3) is 0.600. The molecular weight excluding hydrogens is 175 g/mol. The maximum Gasteiger partial charge on any atom is 0.0110 e. The maximum atomic E-state index is 5.50. The van der Waals surface area contributed by atoms with Crippen molar-refractivity contribution in [3.63, 3.8) is 0 Å². The van der Waals surface area contributed by atoms with E-state index in [-0.39, 0.29) is 0 Å². The molecule has 0 aromatic carbocycles. The zero-order valence-electron chi connectivity index (χ0n) is 4.25. The minimum absolute atomic E-state index is 0.874. The molecule has 0 amide bonds. The Morgan fingerprint density at radius 1 is 1.86 bits per heavy atom. The Labute approximate surface area is 57.7 Å². The SMILES string of the molecule is C/C(Cl)=C/CCBr. The highest BCUT2D eigenvalue weighted by molar-refractivity contribution is 9.09. The lowest BCUT2D eigenvalue weighted by molar-refractivity contribution is 1.24. The van der Waals surface area contributed by atoms with Gasteiger partial charge in [-0.3, -0.25) is 0 Å². The minimum atomic E-state index is 0.874. The third-order valence-corrected chi connectivity index (χ3v) is 1.15. The van der Waals surface area contributed by atoms with E-state index in [1.807, 2.05) is 13.0 Å². The van der Waals surface area contributed by atoms with Crippen molar-refractivity contribution in [2.75, 3.05) is 5.33 Å². The Bertz CT molecular complexity index is 64.5. The van der Waals surface area contributed by atoms with Gasteiger partial charge in [-0.2, -0.15) is 0 Å². The number of hydrogen-bond donors (Lipinski definition) is 0. The predicted octanol–water partition coefficient (Wildman–Crippen LogP) is 2.91. The lowest BCUT2D eigenvalue weighted by atomic mass is 10.4. The largest absolute Gasteiger partial charge is 0.0925 e. The summed E-state index contributed by atoms with van der Waals surface area (Å²) in [4.78, 5) is 0. The summed E-state index contributed by atoms with van der Waals surface area (Å²) in [7, 11) is 0. The molecule has 0 saturated carbocycles. The van der Waals surface area contributed by atoms with Gasteiger partial charge in [-0.15, -0.1) is 0 Å². The summed E-state index contributed by atoms with van der Waals surface area (Å²) >= 11 is 8.77. The van der Waals surface area contributed by atoms with E-state index in [1.165, 1.54) is 0 Å². The van der Waals surface area contributed by atoms with Crippen LogP contribution in [0.25, 0.3) is 0 Å². The average molecular weight is 183 g/mol. The molecular formula is C5H8BrCl. The van der Waals surface area contributed by atoms with Gasteiger partial charge in [-0.25, -0.2) is 0 Å². The van der Waals surface area contributed by atoms with E-state index < -0.39 is 0 Å². The van der Waals surface area contributed by atoms with Crippen molar-refractivity contribution < 1.29 is 0 Å². The van der Waals surface area contributed by atoms with Gasteiger partial charge in [-0.05, 0) is 13.3 Å². The van der Waals surface area contributed by atoms with Gasteiger partial charge in [0.2, 0.25) is 0 Å². The first-order valence-corrected chi connectivity index (χ1v) is 3.65. The van der Waals surface area contributed by atoms with E-state index >= 15 is 0 Å². The molecule has 42 valence electrons. The Balaban J connectivity index is 3.08. The summed E-state index contributed by atoms with van der Waals surface area (Å²) in [5, 5.41) is 1.87. The van der Waals surface area contributed by atoms with Crippen LogP contribution in [0.15, 0.2) is 11.1 Å². The molecule has 0 atom stereocenters. The maximum absolute atomic E-state index is 5.50. The van der Waals surface area contributed by atoms with Gasteiger partial charge in [-0.1, -0.05) is 33.6 Å². The molecule has 0 aromatic heterocycles. The summed E-state index contributed by atoms with van der Waals surface area (Å²) < 4.78 is 0. The van der Waals surface area contributed by atoms with E-state index in [9.17, 15) is 0 Å². The zero-order valence-corrected chi connectivity index (χ0v) is 6.59. The molecule has 0 aliphatic carbocycles. The fourth-order valence-corrected chi connectivity index (χ4v) is 0.591. The monoisotopic (exact) mass is 182 g/mol. The molecule has 0 aliphatic heterocycles. The first-order chi connectivity index (χ1) is 3.27. The highest BCUT2D eigenvalue weighted by Gasteiger charge is 1.76. The van der Waals surface area contributed by atoms with Crippen LogP contribution in [0.2, 0.25) is 0 Å². The molecule has 0 heterocycles. The molecule has 0 rings (SSSR count). The normalized spacial score (nSPS) is 12.1. The van der Waals surface area contributed by atoms with Crippen molar-refractivity contribution >= 4 is 27.5 Å². The van der Waals surface area contributed by atoms with Crippen LogP contribution >= 0.6 is 27.5 Å². The smallest absolute Gasteiger partial charge is 0.0110 e. The molecule has 0 unspecified atom stereocenters. The highest BCUT2D eigenvalue weighted by Crippen LogP contribution is 2.00. The van der Waals surface area contributed by atoms with Crippen molar-refractivity contribution in [3.05, 3.63) is 11.1 Å². The van der Waals surface area contributed by atoms with Crippen molar-refractivity contribution in [1.29, 1.82) is 0 Å². The fourth-order valence-electron chi connectivity index (χ4n) is 0.253. The molecule has 2 heteroatoms. The van der Waals surface area contributed by atoms with E-state index in [1.54, 1.807) is 0 Å². The summed E-state index contributed by atoms with van der Waals surface area (Å²) in [5.74, 6) is 0. The second-order valence-electron chi connectivity index (χ2n) is 1.27. The van der Waals surface area contributed by atoms with Gasteiger partial charge in [0.15, 0.2) is 0 Å². The summed E-state index contributed by atoms with van der Waals surface area (Å²) in [6.07, 6.45) is 3.01. The first kappa shape index (κ1) is 7.51. The van der Waals surface area contributed by atoms with Gasteiger partial charge < -0.3 is 0 Å². The van der Waals surface area contributed by atoms with Crippen LogP contribution in [0.4, 0.5) is 0 Å². The predicted molar refractivity (Wildman–Crippen MR) is 38.0 cm³/mol. The van der Waals surface area contributed by atoms with E-state index in [0.717, 1.165) is 16.8 Å². The highest BCUT2D eigenvalue weighted by atomic mass is 79.9. The number of allylic oxidation sites excluding steroid dienone is 2. The number of halogens is 2. The lowest BCUT2D eigenvalue weighted by Crippen LogP contribution is -1.65. The molecule has 7 heavy (non-hydrogen) atoms. The van der Waals surface area contributed by atoms with Crippen LogP contribution in [0.3, 0.4) is 0 Å². The third kappa shape index (κ3) is 6.51. The van der Waals surface area contributed by atoms with E-state index in [2.05, 4.69) is 15.9 Å². The number of alkyl halides is 1. The molecule has 0 aromatic rings. The van der Waals surface area contributed by atoms with Gasteiger partial charge in [0.25, 0.3) is 0 Å². The van der Waals surface area contributed by atoms with Crippen LogP contribution in [0.1, 0.15) is 13.3 Å². The van der Waals surface area contributed by atoms with Crippen molar-refractivity contribution in [2.24, 2.45) is 0 Å². The van der Waals surface area contributed by atoms with Crippen LogP contribution in [0, 0.1) is 0 Å². The molecule has 0 bridgehead atoms. The van der Waals surface area contributed by atoms with Crippen molar-refractivity contribution in [2.45, 2.75) is 13.3 Å². The Morgan fingerprint density at radius 3 is 2.57 bits per heavy atom. The molecule has 0 spiro atoms. The van der Waals surface area contributed by atoms with Crippen LogP contribution in [-0.4, -0.2) is 5.33 Å². The van der Waals surface area contributed by atoms with Crippen molar-refractivity contribution in [1.82, 2.24) is 0 Å². The standard InChI is InChI=1S/C5H8BrCl/c1-5(7)3-2-4-6/h3H,2,4H2,1H3/b5-3-. The summed E-state index contributed by atoms with van der Waals surface area (Å²) in [6.45, 7) is 1.88. The first-order valence-electron chi connectivity index (χ1n) is 2.15. The molecule has 0 nitrogen and oxygen atoms in total. The topological polar surface area (TPSA) is 0 Å². The molecule has 0 saturated heterocycles. The van der Waals surface area contributed by atoms with E-state index in [4.69, 9.17) is 11.6 Å². The summed E-state index contributed by atoms with van der Waals surface area (Å²) in [5.41, 5.74) is 0. The number of rotatable bonds is 2. The molecule has 0 N–H and O–H groups in total. The minimum Gasteiger partial charge on any atom is -0.0925 e. The summed E-state index contributed by atoms with van der Waals surface area (Å²) in [6, 6.07) is 0. The zero-order chi connectivity index (χ0) is 5.70. The number of hydrogen-bond acceptors (Lipinski definition) is 0. The Kier molecular flexibility index (Phi) is 5.00. The van der Waals surface area contributed by atoms with Gasteiger partial charge in [0.05, 0.1) is 0 Å². The Morgan fingerprint density at radius 2 is 2.43 bits per heavy atom. The van der Waals surface area contributed by atoms with Crippen LogP contribution in [0.5, 0.6) is 0 Å². The average Bonchev–Trinajstić information content (AvgIpc) is 1.61. The van der Waals surface area contributed by atoms with E-state index in [0.29, 0.717) is 0 Å². The molecule has 0 radical (unpaired) electrons. The lowest BCUT2D eigenvalue weighted by Gasteiger charge is -1.81. The second kappa shape index (κ2) is 4.66. The quantitative estimate of drug-likeness (QED) is 0.578. The molecule has 0 fully saturated rings. The van der Waals surface area contributed by atoms with Gasteiger partial charge in [0, 0.05) is 10.4 Å². The second-order valence-corrected chi connectivity index (χ2v) is 2.66. The van der Waals surface area contributed by atoms with Gasteiger partial charge >= 0.3 is 0 Å². The van der Waals surface area contributed by atoms with Gasteiger partial charge in [0.1, 0.15) is 0 Å². The van der Waals surface area contributed by atoms with Crippen LogP contribution in [-0.2, 0) is 0 Å².